The van der Waals surface area contributed by atoms with Crippen molar-refractivity contribution >= 4 is 44.4 Å². The highest BCUT2D eigenvalue weighted by atomic mass is 79.9. The van der Waals surface area contributed by atoms with E-state index in [0.717, 1.165) is 39.2 Å². The van der Waals surface area contributed by atoms with Crippen LogP contribution in [0.3, 0.4) is 0 Å². The Balaban J connectivity index is 1.52. The van der Waals surface area contributed by atoms with Crippen molar-refractivity contribution in [2.75, 3.05) is 24.3 Å². The minimum absolute atomic E-state index is 0.0427. The molecule has 0 aliphatic heterocycles. The Kier molecular flexibility index (Phi) is 4.54. The van der Waals surface area contributed by atoms with E-state index in [-0.39, 0.29) is 23.8 Å². The molecule has 0 radical (unpaired) electrons. The van der Waals surface area contributed by atoms with Gasteiger partial charge in [0.1, 0.15) is 11.3 Å². The van der Waals surface area contributed by atoms with Gasteiger partial charge in [-0.3, -0.25) is 4.79 Å². The van der Waals surface area contributed by atoms with E-state index in [9.17, 15) is 4.79 Å². The van der Waals surface area contributed by atoms with Gasteiger partial charge in [-0.15, -0.1) is 0 Å². The first-order valence-corrected chi connectivity index (χ1v) is 10.8. The van der Waals surface area contributed by atoms with Crippen LogP contribution in [0.2, 0.25) is 0 Å². The van der Waals surface area contributed by atoms with Crippen molar-refractivity contribution in [3.05, 3.63) is 47.1 Å². The number of aromatic nitrogens is 3. The van der Waals surface area contributed by atoms with Crippen LogP contribution in [0.5, 0.6) is 0 Å². The van der Waals surface area contributed by atoms with Crippen LogP contribution >= 0.6 is 15.9 Å². The van der Waals surface area contributed by atoms with E-state index in [1.165, 1.54) is 0 Å². The number of halogens is 1. The van der Waals surface area contributed by atoms with Gasteiger partial charge in [0.15, 0.2) is 5.65 Å². The molecule has 1 saturated carbocycles. The summed E-state index contributed by atoms with van der Waals surface area (Å²) in [7, 11) is 4.03. The lowest BCUT2D eigenvalue weighted by Crippen LogP contribution is -2.41. The molecule has 3 aromatic rings. The molecular weight excluding hydrogens is 444 g/mol. The molecule has 4 N–H and O–H groups in total. The number of rotatable bonds is 5. The molecule has 4 atom stereocenters. The number of aromatic amines is 1. The lowest BCUT2D eigenvalue weighted by atomic mass is 9.88. The second-order valence-electron chi connectivity index (χ2n) is 8.25. The first kappa shape index (κ1) is 19.1. The molecule has 2 bridgehead atoms. The van der Waals surface area contributed by atoms with Gasteiger partial charge in [0, 0.05) is 37.6 Å². The average molecular weight is 467 g/mol. The van der Waals surface area contributed by atoms with E-state index in [0.29, 0.717) is 11.6 Å². The zero-order chi connectivity index (χ0) is 21.0. The van der Waals surface area contributed by atoms with Gasteiger partial charge in [0.05, 0.1) is 16.1 Å². The van der Waals surface area contributed by atoms with Crippen LogP contribution in [0.1, 0.15) is 6.42 Å². The summed E-state index contributed by atoms with van der Waals surface area (Å²) >= 11 is 3.61. The summed E-state index contributed by atoms with van der Waals surface area (Å²) in [6, 6.07) is 8.16. The summed E-state index contributed by atoms with van der Waals surface area (Å²) in [6.45, 7) is 0. The van der Waals surface area contributed by atoms with Crippen molar-refractivity contribution in [2.24, 2.45) is 23.5 Å². The van der Waals surface area contributed by atoms with E-state index in [4.69, 9.17) is 10.7 Å². The van der Waals surface area contributed by atoms with E-state index < -0.39 is 0 Å². The van der Waals surface area contributed by atoms with E-state index in [2.05, 4.69) is 60.4 Å². The second kappa shape index (κ2) is 7.12. The minimum Gasteiger partial charge on any atom is -0.378 e. The summed E-state index contributed by atoms with van der Waals surface area (Å²) in [5, 5.41) is 3.58. The number of imidazole rings is 1. The molecular formula is C22H23BrN6O. The smallest absolute Gasteiger partial charge is 0.223 e. The normalized spacial score (nSPS) is 24.5. The molecule has 1 fully saturated rings. The number of fused-ring (bicyclic) bond motifs is 3. The van der Waals surface area contributed by atoms with Gasteiger partial charge in [-0.2, -0.15) is 0 Å². The number of H-pyrrole nitrogens is 1. The van der Waals surface area contributed by atoms with Crippen molar-refractivity contribution in [1.82, 2.24) is 15.0 Å². The number of allylic oxidation sites excluding steroid dienone is 1. The summed E-state index contributed by atoms with van der Waals surface area (Å²) < 4.78 is 0.811. The molecule has 0 spiro atoms. The molecule has 7 nitrogen and oxygen atoms in total. The minimum atomic E-state index is -0.255. The lowest BCUT2D eigenvalue weighted by Gasteiger charge is -2.28. The van der Waals surface area contributed by atoms with Gasteiger partial charge in [0.2, 0.25) is 5.91 Å². The predicted octanol–water partition coefficient (Wildman–Crippen LogP) is 3.54. The van der Waals surface area contributed by atoms with Gasteiger partial charge in [0.25, 0.3) is 0 Å². The first-order valence-electron chi connectivity index (χ1n) is 9.98. The molecule has 5 rings (SSSR count). The van der Waals surface area contributed by atoms with Gasteiger partial charge in [-0.05, 0) is 58.5 Å². The Morgan fingerprint density at radius 3 is 2.67 bits per heavy atom. The van der Waals surface area contributed by atoms with E-state index in [1.807, 2.05) is 26.2 Å². The number of carbonyl (C=O) groups excluding carboxylic acids is 1. The number of nitrogens with zero attached hydrogens (tertiary/aromatic N) is 3. The molecule has 0 saturated heterocycles. The quantitative estimate of drug-likeness (QED) is 0.499. The standard InChI is InChI=1S/C22H23BrN6O/c1-29(2)14-7-5-11(6-8-14)21-27-19-18(15(23)10-25-22(19)28-21)26-17-13-4-3-12(9-13)16(17)20(24)30/h3-8,10,12-13,16-17H,9H2,1-2H3,(H2,24,30)(H2,25,26,27,28)/t12-,13+,16+,17-/m1/s1. The number of pyridine rings is 1. The van der Waals surface area contributed by atoms with Gasteiger partial charge < -0.3 is 20.9 Å². The summed E-state index contributed by atoms with van der Waals surface area (Å²) in [4.78, 5) is 26.8. The molecule has 1 amide bonds. The summed E-state index contributed by atoms with van der Waals surface area (Å²) in [6.07, 6.45) is 7.03. The maximum atomic E-state index is 12.1. The SMILES string of the molecule is CN(C)c1ccc(-c2nc3c(N[C@H]4[C@@H](C(N)=O)[C@@H]5C=C[C@H]4C5)c(Br)cnc3[nH]2)cc1. The fourth-order valence-corrected chi connectivity index (χ4v) is 5.10. The number of primary amides is 1. The third-order valence-electron chi connectivity index (χ3n) is 6.22. The molecule has 2 aliphatic carbocycles. The Morgan fingerprint density at radius 1 is 1.23 bits per heavy atom. The van der Waals surface area contributed by atoms with Gasteiger partial charge in [-0.25, -0.2) is 9.97 Å². The topological polar surface area (TPSA) is 99.9 Å². The van der Waals surface area contributed by atoms with Gasteiger partial charge in [-0.1, -0.05) is 12.2 Å². The Hall–Kier alpha value is -2.87. The predicted molar refractivity (Wildman–Crippen MR) is 122 cm³/mol. The summed E-state index contributed by atoms with van der Waals surface area (Å²) in [5.41, 5.74) is 10.1. The van der Waals surface area contributed by atoms with Crippen LogP contribution in [0.4, 0.5) is 11.4 Å². The number of anilines is 2. The summed E-state index contributed by atoms with van der Waals surface area (Å²) in [5.74, 6) is 0.787. The monoisotopic (exact) mass is 466 g/mol. The number of benzene rings is 1. The maximum Gasteiger partial charge on any atom is 0.223 e. The van der Waals surface area contributed by atoms with Crippen molar-refractivity contribution in [3.8, 4) is 11.4 Å². The highest BCUT2D eigenvalue weighted by Crippen LogP contribution is 2.46. The fraction of sp³-hybridized carbons (Fsp3) is 0.318. The number of carbonyl (C=O) groups is 1. The fourth-order valence-electron chi connectivity index (χ4n) is 4.70. The number of hydrogen-bond acceptors (Lipinski definition) is 5. The van der Waals surface area contributed by atoms with Crippen molar-refractivity contribution in [2.45, 2.75) is 12.5 Å². The molecule has 154 valence electrons. The van der Waals surface area contributed by atoms with Crippen LogP contribution < -0.4 is 16.0 Å². The highest BCUT2D eigenvalue weighted by molar-refractivity contribution is 9.10. The Labute approximate surface area is 182 Å². The molecule has 0 unspecified atom stereocenters. The lowest BCUT2D eigenvalue weighted by molar-refractivity contribution is -0.122. The first-order chi connectivity index (χ1) is 14.4. The molecule has 2 aliphatic rings. The number of nitrogens with one attached hydrogen (secondary N) is 2. The number of amides is 1. The van der Waals surface area contributed by atoms with Crippen LogP contribution in [0, 0.1) is 17.8 Å². The molecule has 8 heteroatoms. The van der Waals surface area contributed by atoms with E-state index in [1.54, 1.807) is 6.20 Å². The molecule has 2 aromatic heterocycles. The molecule has 1 aromatic carbocycles. The van der Waals surface area contributed by atoms with Crippen LogP contribution in [0.15, 0.2) is 47.1 Å². The highest BCUT2D eigenvalue weighted by Gasteiger charge is 2.47. The molecule has 2 heterocycles. The second-order valence-corrected chi connectivity index (χ2v) is 9.11. The van der Waals surface area contributed by atoms with Gasteiger partial charge >= 0.3 is 0 Å². The number of nitrogens with two attached hydrogens (primary N) is 1. The molecule has 30 heavy (non-hydrogen) atoms. The van der Waals surface area contributed by atoms with Crippen LogP contribution in [0.25, 0.3) is 22.6 Å². The van der Waals surface area contributed by atoms with Crippen molar-refractivity contribution < 1.29 is 4.79 Å². The third-order valence-corrected chi connectivity index (χ3v) is 6.82. The number of hydrogen-bond donors (Lipinski definition) is 3. The largest absolute Gasteiger partial charge is 0.378 e. The zero-order valence-corrected chi connectivity index (χ0v) is 18.3. The Bertz CT molecular complexity index is 1150. The van der Waals surface area contributed by atoms with Crippen molar-refractivity contribution in [3.63, 3.8) is 0 Å². The van der Waals surface area contributed by atoms with Crippen LogP contribution in [-0.2, 0) is 4.79 Å². The Morgan fingerprint density at radius 2 is 1.97 bits per heavy atom. The van der Waals surface area contributed by atoms with Crippen molar-refractivity contribution in [1.29, 1.82) is 0 Å². The van der Waals surface area contributed by atoms with E-state index >= 15 is 0 Å². The third kappa shape index (κ3) is 3.06. The van der Waals surface area contributed by atoms with Crippen LogP contribution in [-0.4, -0.2) is 41.0 Å². The average Bonchev–Trinajstić information content (AvgIpc) is 3.44. The maximum absolute atomic E-state index is 12.1. The zero-order valence-electron chi connectivity index (χ0n) is 16.8.